The van der Waals surface area contributed by atoms with Crippen LogP contribution in [-0.4, -0.2) is 0 Å². The minimum Gasteiger partial charge on any atom is -0.0654 e. The van der Waals surface area contributed by atoms with Crippen LogP contribution in [0.25, 0.3) is 0 Å². The van der Waals surface area contributed by atoms with Crippen molar-refractivity contribution in [3.63, 3.8) is 0 Å². The van der Waals surface area contributed by atoms with Gasteiger partial charge in [0.1, 0.15) is 0 Å². The van der Waals surface area contributed by atoms with E-state index in [1.807, 2.05) is 0 Å². The Morgan fingerprint density at radius 2 is 0.400 bits per heavy atom. The lowest BCUT2D eigenvalue weighted by molar-refractivity contribution is -0.0152. The van der Waals surface area contributed by atoms with Gasteiger partial charge in [-0.1, -0.05) is 388 Å². The first kappa shape index (κ1) is 68.0. The van der Waals surface area contributed by atoms with Crippen molar-refractivity contribution in [2.75, 3.05) is 0 Å². The zero-order valence-electron chi connectivity index (χ0n) is 50.4. The summed E-state index contributed by atoms with van der Waals surface area (Å²) >= 11 is 0. The highest BCUT2D eigenvalue weighted by Gasteiger charge is 2.57. The fraction of sp³-hybridized carbons (Fsp3) is 1.00. The standard InChI is InChI=1S/C70H140/c1-6-11-16-21-26-31-36-41-46-51-56-61-68-62-67-69(63-57-52-47-42-37-32-27-22-17-12-7-2,64-58-53-48-43-38-33-28-23-18-13-8-3)70(68,65-59-54-49-44-39-34-29-24-19-14-9-4)66-60-55-50-45-40-35-30-25-20-15-10-5/h68H,6-67H2,1-5H3. The zero-order chi connectivity index (χ0) is 50.4. The van der Waals surface area contributed by atoms with Gasteiger partial charge < -0.3 is 0 Å². The number of unbranched alkanes of at least 4 members (excludes halogenated alkanes) is 50. The van der Waals surface area contributed by atoms with E-state index in [1.165, 1.54) is 340 Å². The minimum atomic E-state index is 0.626. The summed E-state index contributed by atoms with van der Waals surface area (Å²) in [7, 11) is 0. The third-order valence-corrected chi connectivity index (χ3v) is 18.9. The van der Waals surface area contributed by atoms with Gasteiger partial charge in [-0.2, -0.15) is 0 Å². The van der Waals surface area contributed by atoms with Gasteiger partial charge in [0.15, 0.2) is 0 Å². The van der Waals surface area contributed by atoms with Crippen LogP contribution in [0.4, 0.5) is 0 Å². The maximum atomic E-state index is 2.36. The smallest absolute Gasteiger partial charge is 0.0213 e. The van der Waals surface area contributed by atoms with Crippen molar-refractivity contribution in [1.82, 2.24) is 0 Å². The third-order valence-electron chi connectivity index (χ3n) is 18.9. The first-order valence-corrected chi connectivity index (χ1v) is 34.7. The molecule has 0 heteroatoms. The number of rotatable bonds is 60. The molecule has 0 heterocycles. The van der Waals surface area contributed by atoms with Crippen molar-refractivity contribution in [3.8, 4) is 0 Å². The van der Waals surface area contributed by atoms with E-state index in [0.717, 1.165) is 5.92 Å². The molecule has 420 valence electrons. The van der Waals surface area contributed by atoms with Crippen LogP contribution in [0.5, 0.6) is 0 Å². The molecule has 0 aliphatic heterocycles. The molecule has 0 amide bonds. The second-order valence-corrected chi connectivity index (χ2v) is 25.1. The van der Waals surface area contributed by atoms with Crippen LogP contribution in [0.1, 0.15) is 433 Å². The van der Waals surface area contributed by atoms with Gasteiger partial charge in [0.2, 0.25) is 0 Å². The Morgan fingerprint density at radius 1 is 0.214 bits per heavy atom. The van der Waals surface area contributed by atoms with Crippen molar-refractivity contribution < 1.29 is 0 Å². The van der Waals surface area contributed by atoms with Gasteiger partial charge in [0.25, 0.3) is 0 Å². The van der Waals surface area contributed by atoms with Crippen molar-refractivity contribution in [2.45, 2.75) is 433 Å². The molecule has 0 saturated heterocycles. The monoisotopic (exact) mass is 981 g/mol. The lowest BCUT2D eigenvalue weighted by Gasteiger charge is -2.51. The summed E-state index contributed by atoms with van der Waals surface area (Å²) in [4.78, 5) is 0. The average molecular weight is 982 g/mol. The zero-order valence-corrected chi connectivity index (χ0v) is 50.4. The Hall–Kier alpha value is 0. The highest BCUT2D eigenvalue weighted by Crippen LogP contribution is 2.67. The van der Waals surface area contributed by atoms with Gasteiger partial charge in [-0.25, -0.2) is 0 Å². The molecule has 1 unspecified atom stereocenters. The molecule has 0 aromatic heterocycles. The minimum absolute atomic E-state index is 0.626. The molecule has 0 nitrogen and oxygen atoms in total. The Bertz CT molecular complexity index is 909. The van der Waals surface area contributed by atoms with Crippen molar-refractivity contribution in [3.05, 3.63) is 0 Å². The number of hydrogen-bond acceptors (Lipinski definition) is 0. The van der Waals surface area contributed by atoms with E-state index >= 15 is 0 Å². The van der Waals surface area contributed by atoms with Crippen molar-refractivity contribution in [2.24, 2.45) is 16.7 Å². The maximum Gasteiger partial charge on any atom is -0.0213 e. The molecule has 0 aromatic carbocycles. The molecule has 70 heavy (non-hydrogen) atoms. The average Bonchev–Trinajstić information content (AvgIpc) is 3.66. The Morgan fingerprint density at radius 3 is 0.629 bits per heavy atom. The van der Waals surface area contributed by atoms with Crippen LogP contribution >= 0.6 is 0 Å². The van der Waals surface area contributed by atoms with Crippen LogP contribution in [0.15, 0.2) is 0 Å². The summed E-state index contributed by atoms with van der Waals surface area (Å²) in [5.41, 5.74) is 1.26. The van der Waals surface area contributed by atoms with E-state index in [4.69, 9.17) is 0 Å². The topological polar surface area (TPSA) is 0 Å². The number of hydrogen-bond donors (Lipinski definition) is 0. The van der Waals surface area contributed by atoms with E-state index in [0.29, 0.717) is 10.8 Å². The second kappa shape index (κ2) is 53.8. The SMILES string of the molecule is CCCCCCCCCCCCCC1CCC(CCCCCCCCCCCCC)(CCCCCCCCCCCCC)C1(CCCCCCCCCCCCC)CCCCCCCCCCCCC. The summed E-state index contributed by atoms with van der Waals surface area (Å²) in [6.07, 6.45) is 92.8. The largest absolute Gasteiger partial charge is 0.0654 e. The third kappa shape index (κ3) is 37.7. The molecule has 1 saturated carbocycles. The Kier molecular flexibility index (Phi) is 52.3. The van der Waals surface area contributed by atoms with Gasteiger partial charge in [-0.3, -0.25) is 0 Å². The van der Waals surface area contributed by atoms with Gasteiger partial charge in [-0.15, -0.1) is 0 Å². The van der Waals surface area contributed by atoms with Gasteiger partial charge in [0, 0.05) is 0 Å². The molecule has 1 aliphatic rings. The molecule has 0 radical (unpaired) electrons. The normalized spacial score (nSPS) is 15.5. The molecule has 0 aromatic rings. The highest BCUT2D eigenvalue weighted by atomic mass is 14.6. The van der Waals surface area contributed by atoms with Crippen LogP contribution < -0.4 is 0 Å². The van der Waals surface area contributed by atoms with E-state index in [1.54, 1.807) is 57.8 Å². The quantitative estimate of drug-likeness (QED) is 0.0533. The first-order chi connectivity index (χ1) is 34.7. The molecule has 1 fully saturated rings. The molecule has 0 bridgehead atoms. The lowest BCUT2D eigenvalue weighted by atomic mass is 9.53. The van der Waals surface area contributed by atoms with Crippen LogP contribution in [0, 0.1) is 16.7 Å². The van der Waals surface area contributed by atoms with Crippen LogP contribution in [-0.2, 0) is 0 Å². The summed E-state index contributed by atoms with van der Waals surface area (Å²) in [6, 6.07) is 0. The highest BCUT2D eigenvalue weighted by molar-refractivity contribution is 5.07. The molecule has 1 rings (SSSR count). The summed E-state index contributed by atoms with van der Waals surface area (Å²) in [5.74, 6) is 1.01. The fourth-order valence-corrected chi connectivity index (χ4v) is 14.3. The maximum absolute atomic E-state index is 2.36. The molecular weight excluding hydrogens is 841 g/mol. The Balaban J connectivity index is 3.18. The first-order valence-electron chi connectivity index (χ1n) is 34.7. The van der Waals surface area contributed by atoms with Crippen molar-refractivity contribution >= 4 is 0 Å². The van der Waals surface area contributed by atoms with Crippen LogP contribution in [0.2, 0.25) is 0 Å². The molecule has 0 spiro atoms. The predicted molar refractivity (Wildman–Crippen MR) is 323 cm³/mol. The molecule has 0 N–H and O–H groups in total. The van der Waals surface area contributed by atoms with Gasteiger partial charge in [0.05, 0.1) is 0 Å². The lowest BCUT2D eigenvalue weighted by Crippen LogP contribution is -2.42. The van der Waals surface area contributed by atoms with E-state index in [2.05, 4.69) is 34.6 Å². The van der Waals surface area contributed by atoms with Gasteiger partial charge in [-0.05, 0) is 61.7 Å². The van der Waals surface area contributed by atoms with E-state index in [-0.39, 0.29) is 0 Å². The fourth-order valence-electron chi connectivity index (χ4n) is 14.3. The molecule has 1 atom stereocenters. The summed E-state index contributed by atoms with van der Waals surface area (Å²) in [6.45, 7) is 11.8. The second-order valence-electron chi connectivity index (χ2n) is 25.1. The van der Waals surface area contributed by atoms with Crippen molar-refractivity contribution in [1.29, 1.82) is 0 Å². The van der Waals surface area contributed by atoms with E-state index < -0.39 is 0 Å². The van der Waals surface area contributed by atoms with E-state index in [9.17, 15) is 0 Å². The van der Waals surface area contributed by atoms with Gasteiger partial charge >= 0.3 is 0 Å². The molecular formula is C70H140. The summed E-state index contributed by atoms with van der Waals surface area (Å²) in [5, 5.41) is 0. The summed E-state index contributed by atoms with van der Waals surface area (Å²) < 4.78 is 0. The Labute approximate surface area is 447 Å². The predicted octanol–water partition coefficient (Wildman–Crippen LogP) is 26.9. The van der Waals surface area contributed by atoms with Crippen LogP contribution in [0.3, 0.4) is 0 Å². The molecule has 1 aliphatic carbocycles.